The number of alkyl halides is 1. The normalized spacial score (nSPS) is 10.0. The molecule has 0 heterocycles. The minimum Gasteiger partial charge on any atom is -0.508 e. The lowest BCUT2D eigenvalue weighted by atomic mass is 10.0. The van der Waals surface area contributed by atoms with Crippen LogP contribution in [0.5, 0.6) is 5.75 Å². The van der Waals surface area contributed by atoms with Crippen LogP contribution in [0, 0.1) is 6.92 Å². The number of carbonyl (C=O) groups excluding carboxylic acids is 1. The molecule has 3 nitrogen and oxygen atoms in total. The van der Waals surface area contributed by atoms with E-state index in [1.807, 2.05) is 0 Å². The highest BCUT2D eigenvalue weighted by Gasteiger charge is 2.11. The summed E-state index contributed by atoms with van der Waals surface area (Å²) in [5, 5.41) is 9.19. The van der Waals surface area contributed by atoms with Crippen LogP contribution in [0.2, 0.25) is 0 Å². The highest BCUT2D eigenvalue weighted by Crippen LogP contribution is 2.23. The van der Waals surface area contributed by atoms with E-state index >= 15 is 0 Å². The standard InChI is InChI=1S/C9H10ClNO2/c1-5-7(9(13)4-10)2-6(12)3-8(5)11/h2-3,12H,4,11H2,1H3. The number of phenolic OH excluding ortho intramolecular Hbond substituents is 1. The number of hydrogen-bond donors (Lipinski definition) is 2. The minimum atomic E-state index is -0.234. The first-order valence-corrected chi connectivity index (χ1v) is 4.28. The Balaban J connectivity index is 3.28. The molecular formula is C9H10ClNO2. The molecule has 0 radical (unpaired) electrons. The van der Waals surface area contributed by atoms with Crippen molar-refractivity contribution in [2.24, 2.45) is 0 Å². The van der Waals surface area contributed by atoms with Gasteiger partial charge >= 0.3 is 0 Å². The average molecular weight is 200 g/mol. The largest absolute Gasteiger partial charge is 0.508 e. The molecule has 1 aromatic rings. The van der Waals surface area contributed by atoms with Gasteiger partial charge in [0.05, 0.1) is 5.88 Å². The third-order valence-electron chi connectivity index (χ3n) is 1.85. The maximum absolute atomic E-state index is 11.2. The molecule has 0 aromatic heterocycles. The van der Waals surface area contributed by atoms with Gasteiger partial charge in [-0.25, -0.2) is 0 Å². The van der Waals surface area contributed by atoms with Crippen molar-refractivity contribution in [1.82, 2.24) is 0 Å². The molecule has 13 heavy (non-hydrogen) atoms. The van der Waals surface area contributed by atoms with Gasteiger partial charge in [0.1, 0.15) is 5.75 Å². The van der Waals surface area contributed by atoms with E-state index in [-0.39, 0.29) is 17.4 Å². The van der Waals surface area contributed by atoms with Crippen LogP contribution in [0.15, 0.2) is 12.1 Å². The molecular weight excluding hydrogens is 190 g/mol. The fourth-order valence-corrected chi connectivity index (χ4v) is 1.23. The molecule has 0 spiro atoms. The molecule has 0 fully saturated rings. The van der Waals surface area contributed by atoms with E-state index in [9.17, 15) is 9.90 Å². The predicted octanol–water partition coefficient (Wildman–Crippen LogP) is 1.70. The molecule has 0 aliphatic carbocycles. The van der Waals surface area contributed by atoms with Gasteiger partial charge in [0.2, 0.25) is 0 Å². The molecule has 1 aromatic carbocycles. The summed E-state index contributed by atoms with van der Waals surface area (Å²) >= 11 is 5.39. The molecule has 4 heteroatoms. The van der Waals surface area contributed by atoms with Gasteiger partial charge in [0.15, 0.2) is 5.78 Å². The van der Waals surface area contributed by atoms with Crippen molar-refractivity contribution in [3.8, 4) is 5.75 Å². The van der Waals surface area contributed by atoms with Gasteiger partial charge in [-0.15, -0.1) is 11.6 Å². The molecule has 0 saturated carbocycles. The summed E-state index contributed by atoms with van der Waals surface area (Å²) in [6.45, 7) is 1.72. The van der Waals surface area contributed by atoms with E-state index in [2.05, 4.69) is 0 Å². The molecule has 0 saturated heterocycles. The topological polar surface area (TPSA) is 63.3 Å². The summed E-state index contributed by atoms with van der Waals surface area (Å²) in [5.74, 6) is -0.359. The van der Waals surface area contributed by atoms with Crippen LogP contribution >= 0.6 is 11.6 Å². The molecule has 70 valence electrons. The Hall–Kier alpha value is -1.22. The van der Waals surface area contributed by atoms with Crippen LogP contribution in [0.3, 0.4) is 0 Å². The number of rotatable bonds is 2. The third kappa shape index (κ3) is 1.92. The van der Waals surface area contributed by atoms with E-state index < -0.39 is 0 Å². The minimum absolute atomic E-state index is 0.0171. The van der Waals surface area contributed by atoms with E-state index in [1.165, 1.54) is 12.1 Å². The van der Waals surface area contributed by atoms with Gasteiger partial charge < -0.3 is 10.8 Å². The number of hydrogen-bond acceptors (Lipinski definition) is 3. The zero-order valence-corrected chi connectivity index (χ0v) is 7.93. The molecule has 1 rings (SSSR count). The smallest absolute Gasteiger partial charge is 0.178 e. The van der Waals surface area contributed by atoms with E-state index in [0.29, 0.717) is 16.8 Å². The number of nitrogen functional groups attached to an aromatic ring is 1. The highest BCUT2D eigenvalue weighted by molar-refractivity contribution is 6.30. The van der Waals surface area contributed by atoms with Gasteiger partial charge in [0.25, 0.3) is 0 Å². The zero-order chi connectivity index (χ0) is 10.0. The SMILES string of the molecule is Cc1c(N)cc(O)cc1C(=O)CCl. The number of nitrogens with two attached hydrogens (primary N) is 1. The Morgan fingerprint density at radius 2 is 2.23 bits per heavy atom. The van der Waals surface area contributed by atoms with Crippen LogP contribution in [0.1, 0.15) is 15.9 Å². The van der Waals surface area contributed by atoms with Gasteiger partial charge in [-0.05, 0) is 18.6 Å². The predicted molar refractivity (Wildman–Crippen MR) is 52.3 cm³/mol. The maximum atomic E-state index is 11.2. The lowest BCUT2D eigenvalue weighted by Crippen LogP contribution is -2.05. The number of Topliss-reactive ketones (excluding diaryl/α,β-unsaturated/α-hetero) is 1. The van der Waals surface area contributed by atoms with Crippen molar-refractivity contribution in [3.63, 3.8) is 0 Å². The van der Waals surface area contributed by atoms with Gasteiger partial charge in [-0.3, -0.25) is 4.79 Å². The van der Waals surface area contributed by atoms with Crippen molar-refractivity contribution in [3.05, 3.63) is 23.3 Å². The third-order valence-corrected chi connectivity index (χ3v) is 2.10. The Morgan fingerprint density at radius 3 is 2.77 bits per heavy atom. The fraction of sp³-hybridized carbons (Fsp3) is 0.222. The Labute approximate surface area is 81.1 Å². The van der Waals surface area contributed by atoms with E-state index in [0.717, 1.165) is 0 Å². The second-order valence-electron chi connectivity index (χ2n) is 2.76. The number of benzene rings is 1. The van der Waals surface area contributed by atoms with Gasteiger partial charge in [0, 0.05) is 17.3 Å². The van der Waals surface area contributed by atoms with Crippen LogP contribution in [-0.2, 0) is 0 Å². The molecule has 0 unspecified atom stereocenters. The Bertz CT molecular complexity index is 350. The first-order valence-electron chi connectivity index (χ1n) is 3.74. The average Bonchev–Trinajstić information content (AvgIpc) is 2.10. The summed E-state index contributed by atoms with van der Waals surface area (Å²) in [4.78, 5) is 11.2. The summed E-state index contributed by atoms with van der Waals surface area (Å²) in [6, 6.07) is 2.77. The van der Waals surface area contributed by atoms with Crippen molar-refractivity contribution < 1.29 is 9.90 Å². The van der Waals surface area contributed by atoms with Crippen LogP contribution in [0.4, 0.5) is 5.69 Å². The van der Waals surface area contributed by atoms with Crippen molar-refractivity contribution in [1.29, 1.82) is 0 Å². The van der Waals surface area contributed by atoms with Crippen LogP contribution in [-0.4, -0.2) is 16.8 Å². The summed E-state index contributed by atoms with van der Waals surface area (Å²) in [6.07, 6.45) is 0. The van der Waals surface area contributed by atoms with Gasteiger partial charge in [-0.1, -0.05) is 0 Å². The quantitative estimate of drug-likeness (QED) is 0.433. The lowest BCUT2D eigenvalue weighted by Gasteiger charge is -2.06. The number of halogens is 1. The summed E-state index contributed by atoms with van der Waals surface area (Å²) < 4.78 is 0. The van der Waals surface area contributed by atoms with E-state index in [1.54, 1.807) is 6.92 Å². The maximum Gasteiger partial charge on any atom is 0.178 e. The highest BCUT2D eigenvalue weighted by atomic mass is 35.5. The molecule has 0 bridgehead atoms. The number of phenols is 1. The zero-order valence-electron chi connectivity index (χ0n) is 7.17. The summed E-state index contributed by atoms with van der Waals surface area (Å²) in [7, 11) is 0. The second-order valence-corrected chi connectivity index (χ2v) is 3.03. The summed E-state index contributed by atoms with van der Waals surface area (Å²) in [5.41, 5.74) is 6.99. The first kappa shape index (κ1) is 9.86. The molecule has 0 aliphatic heterocycles. The van der Waals surface area contributed by atoms with Crippen LogP contribution < -0.4 is 5.73 Å². The number of carbonyl (C=O) groups is 1. The number of aromatic hydroxyl groups is 1. The molecule has 0 atom stereocenters. The van der Waals surface area contributed by atoms with Crippen LogP contribution in [0.25, 0.3) is 0 Å². The van der Waals surface area contributed by atoms with Crippen molar-refractivity contribution >= 4 is 23.1 Å². The Morgan fingerprint density at radius 1 is 1.62 bits per heavy atom. The lowest BCUT2D eigenvalue weighted by molar-refractivity contribution is 0.102. The van der Waals surface area contributed by atoms with E-state index in [4.69, 9.17) is 17.3 Å². The van der Waals surface area contributed by atoms with Gasteiger partial charge in [-0.2, -0.15) is 0 Å². The molecule has 0 aliphatic rings. The number of ketones is 1. The Kier molecular flexibility index (Phi) is 2.78. The van der Waals surface area contributed by atoms with Crippen molar-refractivity contribution in [2.75, 3.05) is 11.6 Å². The second kappa shape index (κ2) is 3.66. The molecule has 0 amide bonds. The van der Waals surface area contributed by atoms with Crippen molar-refractivity contribution in [2.45, 2.75) is 6.92 Å². The fourth-order valence-electron chi connectivity index (χ4n) is 1.08. The monoisotopic (exact) mass is 199 g/mol. The number of anilines is 1. The molecule has 3 N–H and O–H groups in total. The first-order chi connectivity index (χ1) is 6.06.